The van der Waals surface area contributed by atoms with Gasteiger partial charge in [-0.05, 0) is 50.8 Å². The summed E-state index contributed by atoms with van der Waals surface area (Å²) in [7, 11) is 0. The summed E-state index contributed by atoms with van der Waals surface area (Å²) < 4.78 is 0. The fourth-order valence-corrected chi connectivity index (χ4v) is 3.95. The lowest BCUT2D eigenvalue weighted by atomic mass is 9.97. The highest BCUT2D eigenvalue weighted by atomic mass is 16.7. The largest absolute Gasteiger partial charge is 0.350 e. The summed E-state index contributed by atoms with van der Waals surface area (Å²) in [6, 6.07) is 6.60. The highest BCUT2D eigenvalue weighted by molar-refractivity contribution is 6.20. The van der Waals surface area contributed by atoms with Crippen LogP contribution < -0.4 is 0 Å². The fraction of sp³-hybridized carbons (Fsp3) is 0.471. The Bertz CT molecular complexity index is 652. The summed E-state index contributed by atoms with van der Waals surface area (Å²) >= 11 is 0. The first-order valence-corrected chi connectivity index (χ1v) is 8.12. The van der Waals surface area contributed by atoms with Crippen molar-refractivity contribution in [3.05, 3.63) is 35.4 Å². The van der Waals surface area contributed by atoms with Crippen LogP contribution in [-0.4, -0.2) is 46.4 Å². The number of nitrogens with zero attached hydrogens (tertiary/aromatic N) is 2. The molecule has 1 aromatic carbocycles. The second-order valence-corrected chi connectivity index (χ2v) is 6.34. The molecule has 0 spiro atoms. The van der Waals surface area contributed by atoms with Crippen LogP contribution in [0.25, 0.3) is 0 Å². The van der Waals surface area contributed by atoms with Crippen molar-refractivity contribution in [1.29, 1.82) is 0 Å². The Hall–Kier alpha value is -2.21. The van der Waals surface area contributed by atoms with Gasteiger partial charge in [0.15, 0.2) is 0 Å². The van der Waals surface area contributed by atoms with E-state index in [1.54, 1.807) is 24.3 Å². The average Bonchev–Trinajstić information content (AvgIpc) is 3.14. The van der Waals surface area contributed by atoms with Crippen molar-refractivity contribution in [1.82, 2.24) is 9.96 Å². The van der Waals surface area contributed by atoms with Gasteiger partial charge in [0.25, 0.3) is 11.8 Å². The molecule has 0 aliphatic carbocycles. The van der Waals surface area contributed by atoms with E-state index < -0.39 is 17.8 Å². The first-order valence-electron chi connectivity index (χ1n) is 8.12. The maximum atomic E-state index is 12.5. The van der Waals surface area contributed by atoms with Crippen LogP contribution in [-0.2, 0) is 9.63 Å². The molecule has 2 amide bonds. The minimum Gasteiger partial charge on any atom is -0.328 e. The van der Waals surface area contributed by atoms with Crippen molar-refractivity contribution in [2.75, 3.05) is 6.54 Å². The SMILES string of the molecule is O=C(ON1C(=O)c2ccccc2C1=O)C1CCCC2CCCN21. The summed E-state index contributed by atoms with van der Waals surface area (Å²) in [4.78, 5) is 44.5. The molecule has 0 N–H and O–H groups in total. The predicted molar refractivity (Wildman–Crippen MR) is 80.4 cm³/mol. The third kappa shape index (κ3) is 2.25. The van der Waals surface area contributed by atoms with Gasteiger partial charge in [-0.3, -0.25) is 14.5 Å². The molecule has 0 aromatic heterocycles. The van der Waals surface area contributed by atoms with Gasteiger partial charge in [0.2, 0.25) is 0 Å². The Morgan fingerprint density at radius 2 is 1.65 bits per heavy atom. The summed E-state index contributed by atoms with van der Waals surface area (Å²) in [5.41, 5.74) is 0.570. The number of carbonyl (C=O) groups excluding carboxylic acids is 3. The molecule has 4 rings (SSSR count). The van der Waals surface area contributed by atoms with E-state index in [0.717, 1.165) is 38.6 Å². The van der Waals surface area contributed by atoms with E-state index in [0.29, 0.717) is 11.1 Å². The van der Waals surface area contributed by atoms with Gasteiger partial charge in [0, 0.05) is 6.04 Å². The van der Waals surface area contributed by atoms with E-state index in [-0.39, 0.29) is 17.2 Å². The van der Waals surface area contributed by atoms with Crippen LogP contribution in [0.5, 0.6) is 0 Å². The van der Waals surface area contributed by atoms with Crippen molar-refractivity contribution in [2.45, 2.75) is 44.2 Å². The summed E-state index contributed by atoms with van der Waals surface area (Å²) in [5, 5.41) is 0.618. The van der Waals surface area contributed by atoms with E-state index in [4.69, 9.17) is 4.84 Å². The molecule has 1 aromatic rings. The number of hydroxylamine groups is 2. The number of fused-ring (bicyclic) bond motifs is 2. The minimum atomic E-state index is -0.562. The Morgan fingerprint density at radius 1 is 1.00 bits per heavy atom. The molecule has 6 heteroatoms. The van der Waals surface area contributed by atoms with Gasteiger partial charge >= 0.3 is 5.97 Å². The van der Waals surface area contributed by atoms with Gasteiger partial charge in [0.1, 0.15) is 6.04 Å². The molecular formula is C17H18N2O4. The predicted octanol–water partition coefficient (Wildman–Crippen LogP) is 1.76. The molecule has 3 heterocycles. The fourth-order valence-electron chi connectivity index (χ4n) is 3.95. The van der Waals surface area contributed by atoms with Gasteiger partial charge in [-0.2, -0.15) is 0 Å². The first-order chi connectivity index (χ1) is 11.2. The topological polar surface area (TPSA) is 66.9 Å². The van der Waals surface area contributed by atoms with E-state index in [1.807, 2.05) is 0 Å². The quantitative estimate of drug-likeness (QED) is 0.778. The number of rotatable bonds is 2. The van der Waals surface area contributed by atoms with Gasteiger partial charge < -0.3 is 4.84 Å². The Balaban J connectivity index is 1.51. The van der Waals surface area contributed by atoms with Gasteiger partial charge in [-0.1, -0.05) is 17.2 Å². The second-order valence-electron chi connectivity index (χ2n) is 6.34. The van der Waals surface area contributed by atoms with Crippen molar-refractivity contribution in [3.8, 4) is 0 Å². The van der Waals surface area contributed by atoms with Crippen LogP contribution in [0.15, 0.2) is 24.3 Å². The number of benzene rings is 1. The average molecular weight is 314 g/mol. The highest BCUT2D eigenvalue weighted by Gasteiger charge is 2.43. The Labute approximate surface area is 134 Å². The Morgan fingerprint density at radius 3 is 2.35 bits per heavy atom. The molecule has 0 bridgehead atoms. The molecule has 2 atom stereocenters. The molecule has 0 radical (unpaired) electrons. The first kappa shape index (κ1) is 14.4. The van der Waals surface area contributed by atoms with Crippen LogP contribution in [0.3, 0.4) is 0 Å². The lowest BCUT2D eigenvalue weighted by molar-refractivity contribution is -0.176. The van der Waals surface area contributed by atoms with Gasteiger partial charge in [-0.25, -0.2) is 4.79 Å². The number of carbonyl (C=O) groups is 3. The zero-order valence-corrected chi connectivity index (χ0v) is 12.7. The zero-order chi connectivity index (χ0) is 16.0. The van der Waals surface area contributed by atoms with Crippen molar-refractivity contribution in [2.24, 2.45) is 0 Å². The number of hydrogen-bond acceptors (Lipinski definition) is 5. The van der Waals surface area contributed by atoms with E-state index in [1.165, 1.54) is 0 Å². The normalized spacial score (nSPS) is 27.0. The van der Waals surface area contributed by atoms with E-state index in [2.05, 4.69) is 4.90 Å². The molecule has 2 saturated heterocycles. The summed E-state index contributed by atoms with van der Waals surface area (Å²) in [6.45, 7) is 0.881. The van der Waals surface area contributed by atoms with Crippen LogP contribution in [0, 0.1) is 0 Å². The third-order valence-electron chi connectivity index (χ3n) is 5.05. The second kappa shape index (κ2) is 5.45. The van der Waals surface area contributed by atoms with Crippen LogP contribution in [0.1, 0.15) is 52.8 Å². The Kier molecular flexibility index (Phi) is 3.41. The maximum Gasteiger partial charge on any atom is 0.350 e. The van der Waals surface area contributed by atoms with Crippen molar-refractivity contribution < 1.29 is 19.2 Å². The molecule has 120 valence electrons. The van der Waals surface area contributed by atoms with Gasteiger partial charge in [0.05, 0.1) is 11.1 Å². The number of imide groups is 1. The number of hydrogen-bond donors (Lipinski definition) is 0. The standard InChI is InChI=1S/C17H18N2O4/c20-15-12-7-1-2-8-13(12)16(21)19(15)23-17(22)14-9-3-5-11-6-4-10-18(11)14/h1-2,7-8,11,14H,3-6,9-10H2. The van der Waals surface area contributed by atoms with E-state index in [9.17, 15) is 14.4 Å². The zero-order valence-electron chi connectivity index (χ0n) is 12.7. The van der Waals surface area contributed by atoms with Crippen LogP contribution in [0.4, 0.5) is 0 Å². The smallest absolute Gasteiger partial charge is 0.328 e. The molecule has 3 aliphatic heterocycles. The summed E-state index contributed by atoms with van der Waals surface area (Å²) in [5.74, 6) is -1.62. The minimum absolute atomic E-state index is 0.285. The van der Waals surface area contributed by atoms with Crippen molar-refractivity contribution >= 4 is 17.8 Å². The summed E-state index contributed by atoms with van der Waals surface area (Å²) in [6.07, 6.45) is 5.00. The monoisotopic (exact) mass is 314 g/mol. The molecule has 6 nitrogen and oxygen atoms in total. The highest BCUT2D eigenvalue weighted by Crippen LogP contribution is 2.32. The lowest BCUT2D eigenvalue weighted by Crippen LogP contribution is -2.49. The van der Waals surface area contributed by atoms with Crippen molar-refractivity contribution in [3.63, 3.8) is 0 Å². The number of amides is 2. The molecule has 2 fully saturated rings. The van der Waals surface area contributed by atoms with E-state index >= 15 is 0 Å². The lowest BCUT2D eigenvalue weighted by Gasteiger charge is -2.36. The molecule has 3 aliphatic rings. The molecule has 2 unspecified atom stereocenters. The van der Waals surface area contributed by atoms with Gasteiger partial charge in [-0.15, -0.1) is 0 Å². The molecular weight excluding hydrogens is 296 g/mol. The third-order valence-corrected chi connectivity index (χ3v) is 5.05. The number of piperidine rings is 1. The van der Waals surface area contributed by atoms with Crippen LogP contribution in [0.2, 0.25) is 0 Å². The van der Waals surface area contributed by atoms with Crippen LogP contribution >= 0.6 is 0 Å². The molecule has 0 saturated carbocycles. The molecule has 23 heavy (non-hydrogen) atoms. The maximum absolute atomic E-state index is 12.5.